The van der Waals surface area contributed by atoms with Gasteiger partial charge in [-0.3, -0.25) is 4.57 Å². The lowest BCUT2D eigenvalue weighted by molar-refractivity contribution is 0.990. The maximum absolute atomic E-state index is 4.42. The first-order valence-electron chi connectivity index (χ1n) is 6.66. The van der Waals surface area contributed by atoms with Crippen LogP contribution in [-0.2, 0) is 6.54 Å². The van der Waals surface area contributed by atoms with E-state index in [1.807, 2.05) is 29.1 Å². The van der Waals surface area contributed by atoms with E-state index in [4.69, 9.17) is 0 Å². The molecule has 0 aliphatic heterocycles. The lowest BCUT2D eigenvalue weighted by Gasteiger charge is -2.08. The Morgan fingerprint density at radius 2 is 2.14 bits per heavy atom. The average molecular weight is 343 g/mol. The van der Waals surface area contributed by atoms with Gasteiger partial charge in [0, 0.05) is 23.4 Å². The van der Waals surface area contributed by atoms with E-state index in [0.717, 1.165) is 22.5 Å². The van der Waals surface area contributed by atoms with Gasteiger partial charge in [0.2, 0.25) is 0 Å². The third-order valence-electron chi connectivity index (χ3n) is 3.25. The van der Waals surface area contributed by atoms with Gasteiger partial charge >= 0.3 is 0 Å². The molecule has 0 unspecified atom stereocenters. The van der Waals surface area contributed by atoms with Gasteiger partial charge in [-0.1, -0.05) is 28.1 Å². The summed E-state index contributed by atoms with van der Waals surface area (Å²) >= 11 is 3.56. The predicted molar refractivity (Wildman–Crippen MR) is 87.6 cm³/mol. The predicted octanol–water partition coefficient (Wildman–Crippen LogP) is 3.95. The van der Waals surface area contributed by atoms with Crippen LogP contribution in [0.4, 0.5) is 5.69 Å². The smallest absolute Gasteiger partial charge is 0.137 e. The molecule has 0 saturated carbocycles. The number of benzene rings is 1. The first-order valence-corrected chi connectivity index (χ1v) is 7.45. The normalized spacial score (nSPS) is 10.6. The van der Waals surface area contributed by atoms with Crippen molar-refractivity contribution in [3.05, 3.63) is 70.8 Å². The Bertz CT molecular complexity index is 721. The molecule has 0 saturated heterocycles. The summed E-state index contributed by atoms with van der Waals surface area (Å²) in [6.45, 7) is 2.85. The highest BCUT2D eigenvalue weighted by molar-refractivity contribution is 9.10. The van der Waals surface area contributed by atoms with Crippen LogP contribution in [-0.4, -0.2) is 14.5 Å². The summed E-state index contributed by atoms with van der Waals surface area (Å²) in [5.41, 5.74) is 3.46. The van der Waals surface area contributed by atoms with Gasteiger partial charge in [0.1, 0.15) is 12.1 Å². The number of anilines is 1. The molecule has 21 heavy (non-hydrogen) atoms. The number of nitrogens with zero attached hydrogens (tertiary/aromatic N) is 3. The number of pyridine rings is 1. The number of aromatic nitrogens is 3. The van der Waals surface area contributed by atoms with Crippen molar-refractivity contribution >= 4 is 21.6 Å². The van der Waals surface area contributed by atoms with E-state index in [-0.39, 0.29) is 0 Å². The number of rotatable bonds is 4. The highest BCUT2D eigenvalue weighted by atomic mass is 79.9. The van der Waals surface area contributed by atoms with Crippen molar-refractivity contribution in [2.45, 2.75) is 13.5 Å². The van der Waals surface area contributed by atoms with Gasteiger partial charge in [-0.25, -0.2) is 9.97 Å². The Balaban J connectivity index is 1.66. The van der Waals surface area contributed by atoms with Crippen LogP contribution in [0.25, 0.3) is 5.82 Å². The summed E-state index contributed by atoms with van der Waals surface area (Å²) in [5, 5.41) is 3.37. The summed E-state index contributed by atoms with van der Waals surface area (Å²) in [6.07, 6.45) is 7.18. The number of imidazole rings is 1. The lowest BCUT2D eigenvalue weighted by Crippen LogP contribution is -2.01. The number of halogens is 1. The summed E-state index contributed by atoms with van der Waals surface area (Å²) in [6, 6.07) is 10.4. The largest absolute Gasteiger partial charge is 0.380 e. The van der Waals surface area contributed by atoms with E-state index in [2.05, 4.69) is 56.3 Å². The van der Waals surface area contributed by atoms with Crippen LogP contribution in [0.1, 0.15) is 11.1 Å². The van der Waals surface area contributed by atoms with Crippen LogP contribution in [0.2, 0.25) is 0 Å². The second-order valence-corrected chi connectivity index (χ2v) is 5.67. The van der Waals surface area contributed by atoms with Crippen molar-refractivity contribution in [1.29, 1.82) is 0 Å². The van der Waals surface area contributed by atoms with Crippen LogP contribution in [0.3, 0.4) is 0 Å². The number of hydrogen-bond donors (Lipinski definition) is 1. The summed E-state index contributed by atoms with van der Waals surface area (Å²) in [7, 11) is 0. The van der Waals surface area contributed by atoms with E-state index >= 15 is 0 Å². The molecule has 0 fully saturated rings. The molecule has 0 bridgehead atoms. The summed E-state index contributed by atoms with van der Waals surface area (Å²) < 4.78 is 3.01. The van der Waals surface area contributed by atoms with Crippen LogP contribution in [0.5, 0.6) is 0 Å². The van der Waals surface area contributed by atoms with Gasteiger partial charge in [0.25, 0.3) is 0 Å². The molecule has 0 atom stereocenters. The SMILES string of the molecule is Cc1ccc(CNc2ccc(-n3ccnc3)nc2)cc1Br. The molecular weight excluding hydrogens is 328 g/mol. The maximum atomic E-state index is 4.42. The Morgan fingerprint density at radius 1 is 1.24 bits per heavy atom. The summed E-state index contributed by atoms with van der Waals surface area (Å²) in [5.74, 6) is 0.858. The van der Waals surface area contributed by atoms with Crippen LogP contribution >= 0.6 is 15.9 Å². The average Bonchev–Trinajstić information content (AvgIpc) is 3.03. The van der Waals surface area contributed by atoms with Gasteiger partial charge in [0.15, 0.2) is 0 Å². The molecule has 3 aromatic rings. The van der Waals surface area contributed by atoms with Crippen molar-refractivity contribution in [3.63, 3.8) is 0 Å². The van der Waals surface area contributed by atoms with Gasteiger partial charge in [-0.15, -0.1) is 0 Å². The second-order valence-electron chi connectivity index (χ2n) is 4.81. The maximum Gasteiger partial charge on any atom is 0.137 e. The second kappa shape index (κ2) is 6.10. The molecule has 1 N–H and O–H groups in total. The minimum absolute atomic E-state index is 0.769. The number of nitrogens with one attached hydrogen (secondary N) is 1. The Kier molecular flexibility index (Phi) is 4.01. The zero-order chi connectivity index (χ0) is 14.7. The standard InChI is InChI=1S/C16H15BrN4/c1-12-2-3-13(8-15(12)17)9-19-14-4-5-16(20-10-14)21-7-6-18-11-21/h2-8,10-11,19H,9H2,1H3. The topological polar surface area (TPSA) is 42.7 Å². The molecule has 0 radical (unpaired) electrons. The molecule has 3 rings (SSSR count). The monoisotopic (exact) mass is 342 g/mol. The van der Waals surface area contributed by atoms with Crippen LogP contribution < -0.4 is 5.32 Å². The quantitative estimate of drug-likeness (QED) is 0.780. The Labute approximate surface area is 132 Å². The van der Waals surface area contributed by atoms with Crippen molar-refractivity contribution in [3.8, 4) is 5.82 Å². The fourth-order valence-corrected chi connectivity index (χ4v) is 2.41. The minimum Gasteiger partial charge on any atom is -0.380 e. The third kappa shape index (κ3) is 3.31. The molecule has 1 aromatic carbocycles. The molecule has 2 aromatic heterocycles. The van der Waals surface area contributed by atoms with E-state index in [1.54, 1.807) is 12.5 Å². The highest BCUT2D eigenvalue weighted by Gasteiger charge is 2.00. The number of hydrogen-bond acceptors (Lipinski definition) is 3. The molecular formula is C16H15BrN4. The van der Waals surface area contributed by atoms with Gasteiger partial charge in [-0.2, -0.15) is 0 Å². The van der Waals surface area contributed by atoms with Crippen molar-refractivity contribution in [1.82, 2.24) is 14.5 Å². The van der Waals surface area contributed by atoms with Crippen LogP contribution in [0.15, 0.2) is 59.7 Å². The molecule has 0 spiro atoms. The highest BCUT2D eigenvalue weighted by Crippen LogP contribution is 2.18. The molecule has 0 aliphatic rings. The Morgan fingerprint density at radius 3 is 2.81 bits per heavy atom. The lowest BCUT2D eigenvalue weighted by atomic mass is 10.1. The van der Waals surface area contributed by atoms with E-state index in [9.17, 15) is 0 Å². The third-order valence-corrected chi connectivity index (χ3v) is 4.10. The van der Waals surface area contributed by atoms with Crippen molar-refractivity contribution in [2.75, 3.05) is 5.32 Å². The van der Waals surface area contributed by atoms with E-state index in [1.165, 1.54) is 11.1 Å². The molecule has 0 amide bonds. The van der Waals surface area contributed by atoms with Gasteiger partial charge in [-0.05, 0) is 36.2 Å². The first kappa shape index (κ1) is 13.8. The van der Waals surface area contributed by atoms with E-state index in [0.29, 0.717) is 0 Å². The number of aryl methyl sites for hydroxylation is 1. The fourth-order valence-electron chi connectivity index (χ4n) is 1.99. The molecule has 2 heterocycles. The molecule has 106 valence electrons. The van der Waals surface area contributed by atoms with Crippen LogP contribution in [0, 0.1) is 6.92 Å². The Hall–Kier alpha value is -2.14. The zero-order valence-electron chi connectivity index (χ0n) is 11.6. The minimum atomic E-state index is 0.769. The van der Waals surface area contributed by atoms with Crippen molar-refractivity contribution < 1.29 is 0 Å². The molecule has 0 aliphatic carbocycles. The fraction of sp³-hybridized carbons (Fsp3) is 0.125. The summed E-state index contributed by atoms with van der Waals surface area (Å²) in [4.78, 5) is 8.43. The van der Waals surface area contributed by atoms with Gasteiger partial charge in [0.05, 0.1) is 11.9 Å². The van der Waals surface area contributed by atoms with E-state index < -0.39 is 0 Å². The zero-order valence-corrected chi connectivity index (χ0v) is 13.2. The molecule has 5 heteroatoms. The van der Waals surface area contributed by atoms with Crippen molar-refractivity contribution in [2.24, 2.45) is 0 Å². The van der Waals surface area contributed by atoms with Gasteiger partial charge < -0.3 is 5.32 Å². The molecule has 4 nitrogen and oxygen atoms in total. The first-order chi connectivity index (χ1) is 10.2.